The Balaban J connectivity index is 2.33. The molecule has 2 aliphatic rings. The molecule has 1 fully saturated rings. The van der Waals surface area contributed by atoms with Crippen molar-refractivity contribution in [3.63, 3.8) is 0 Å². The number of aliphatic hydroxyl groups is 2. The maximum Gasteiger partial charge on any atom is 0.326 e. The summed E-state index contributed by atoms with van der Waals surface area (Å²) in [5.41, 5.74) is -2.36. The highest BCUT2D eigenvalue weighted by atomic mass is 19.1. The van der Waals surface area contributed by atoms with E-state index in [0.717, 1.165) is 11.0 Å². The number of amides is 2. The van der Waals surface area contributed by atoms with Gasteiger partial charge in [-0.2, -0.15) is 0 Å². The summed E-state index contributed by atoms with van der Waals surface area (Å²) >= 11 is 0. The van der Waals surface area contributed by atoms with E-state index in [-0.39, 0.29) is 5.76 Å². The highest BCUT2D eigenvalue weighted by Gasteiger charge is 2.56. The van der Waals surface area contributed by atoms with Gasteiger partial charge in [-0.05, 0) is 12.2 Å². The minimum absolute atomic E-state index is 0.185. The Bertz CT molecular complexity index is 439. The predicted octanol–water partition coefficient (Wildman–Crippen LogP) is -0.0311. The van der Waals surface area contributed by atoms with Crippen LogP contribution in [0.1, 0.15) is 0 Å². The van der Waals surface area contributed by atoms with Crippen LogP contribution in [0.2, 0.25) is 0 Å². The molecule has 0 radical (unpaired) electrons. The molecular weight excluding hydrogens is 243 g/mol. The topological polar surface area (TPSA) is 82.0 Å². The molecule has 2 rings (SSSR count). The largest absolute Gasteiger partial charge is 0.468 e. The lowest BCUT2D eigenvalue weighted by molar-refractivity contribution is -0.0343. The van der Waals surface area contributed by atoms with Gasteiger partial charge >= 0.3 is 6.03 Å². The Morgan fingerprint density at radius 2 is 2.28 bits per heavy atom. The van der Waals surface area contributed by atoms with Crippen LogP contribution in [0, 0.1) is 0 Å². The van der Waals surface area contributed by atoms with Crippen molar-refractivity contribution >= 4 is 6.03 Å². The van der Waals surface area contributed by atoms with E-state index in [9.17, 15) is 14.3 Å². The van der Waals surface area contributed by atoms with Crippen molar-refractivity contribution < 1.29 is 24.1 Å². The van der Waals surface area contributed by atoms with Crippen molar-refractivity contribution in [2.24, 2.45) is 0 Å². The highest BCUT2D eigenvalue weighted by molar-refractivity contribution is 5.77. The van der Waals surface area contributed by atoms with Gasteiger partial charge in [0.1, 0.15) is 12.0 Å². The number of urea groups is 1. The van der Waals surface area contributed by atoms with Crippen molar-refractivity contribution in [1.82, 2.24) is 10.2 Å². The summed E-state index contributed by atoms with van der Waals surface area (Å²) in [6, 6.07) is -0.749. The van der Waals surface area contributed by atoms with Gasteiger partial charge in [0.15, 0.2) is 6.10 Å². The third-order valence-corrected chi connectivity index (χ3v) is 2.87. The van der Waals surface area contributed by atoms with Crippen LogP contribution in [0.5, 0.6) is 0 Å². The highest BCUT2D eigenvalue weighted by Crippen LogP contribution is 2.39. The van der Waals surface area contributed by atoms with Crippen LogP contribution in [-0.4, -0.2) is 45.4 Å². The summed E-state index contributed by atoms with van der Waals surface area (Å²) in [6.07, 6.45) is -0.874. The smallest absolute Gasteiger partial charge is 0.326 e. The quantitative estimate of drug-likeness (QED) is 0.606. The normalized spacial score (nSPS) is 39.5. The molecular formula is C11H13FN2O4. The maximum absolute atomic E-state index is 14.5. The number of alkyl halides is 1. The summed E-state index contributed by atoms with van der Waals surface area (Å²) in [4.78, 5) is 12.5. The number of halogens is 1. The van der Waals surface area contributed by atoms with E-state index >= 15 is 0 Å². The van der Waals surface area contributed by atoms with Gasteiger partial charge in [-0.15, -0.1) is 0 Å². The summed E-state index contributed by atoms with van der Waals surface area (Å²) in [7, 11) is 0. The molecule has 2 aliphatic heterocycles. The lowest BCUT2D eigenvalue weighted by Gasteiger charge is -2.34. The lowest BCUT2D eigenvalue weighted by Crippen LogP contribution is -2.56. The SMILES string of the molecule is C=C[C@@]1(F)[C@H](O)C(=C)O[C@H]1N1C=CC(O)NC1=O. The Morgan fingerprint density at radius 1 is 1.61 bits per heavy atom. The fourth-order valence-corrected chi connectivity index (χ4v) is 1.84. The van der Waals surface area contributed by atoms with E-state index in [1.54, 1.807) is 0 Å². The van der Waals surface area contributed by atoms with E-state index in [2.05, 4.69) is 18.5 Å². The first kappa shape index (κ1) is 12.6. The van der Waals surface area contributed by atoms with Crippen LogP contribution in [0.4, 0.5) is 9.18 Å². The molecule has 6 nitrogen and oxygen atoms in total. The van der Waals surface area contributed by atoms with Crippen LogP contribution in [0.25, 0.3) is 0 Å². The van der Waals surface area contributed by atoms with Gasteiger partial charge in [-0.25, -0.2) is 9.18 Å². The molecule has 1 unspecified atom stereocenters. The molecule has 4 atom stereocenters. The first-order chi connectivity index (χ1) is 8.40. The Hall–Kier alpha value is -1.86. The van der Waals surface area contributed by atoms with Crippen LogP contribution < -0.4 is 5.32 Å². The molecule has 3 N–H and O–H groups in total. The van der Waals surface area contributed by atoms with E-state index in [1.807, 2.05) is 0 Å². The number of ether oxygens (including phenoxy) is 1. The first-order valence-electron chi connectivity index (χ1n) is 5.21. The zero-order valence-electron chi connectivity index (χ0n) is 9.41. The monoisotopic (exact) mass is 256 g/mol. The van der Waals surface area contributed by atoms with Gasteiger partial charge in [0, 0.05) is 6.20 Å². The third-order valence-electron chi connectivity index (χ3n) is 2.87. The molecule has 18 heavy (non-hydrogen) atoms. The van der Waals surface area contributed by atoms with Gasteiger partial charge in [-0.3, -0.25) is 4.90 Å². The Morgan fingerprint density at radius 3 is 2.83 bits per heavy atom. The van der Waals surface area contributed by atoms with Crippen LogP contribution >= 0.6 is 0 Å². The number of hydrogen-bond donors (Lipinski definition) is 3. The summed E-state index contributed by atoms with van der Waals surface area (Å²) in [5, 5.41) is 21.0. The molecule has 7 heteroatoms. The lowest BCUT2D eigenvalue weighted by atomic mass is 9.98. The molecule has 98 valence electrons. The summed E-state index contributed by atoms with van der Waals surface area (Å²) in [5.74, 6) is -0.185. The zero-order valence-corrected chi connectivity index (χ0v) is 9.41. The van der Waals surface area contributed by atoms with E-state index in [1.165, 1.54) is 12.3 Å². The second-order valence-corrected chi connectivity index (χ2v) is 4.01. The number of hydrogen-bond acceptors (Lipinski definition) is 4. The third kappa shape index (κ3) is 1.68. The molecule has 0 aromatic rings. The molecule has 0 saturated carbocycles. The standard InChI is InChI=1S/C11H13FN2O4/c1-3-11(12)8(16)6(2)18-9(11)14-5-4-7(15)13-10(14)17/h3-5,7-9,15-16H,1-2H2,(H,13,17)/t7?,8-,9-,11-/m1/s1. The van der Waals surface area contributed by atoms with Gasteiger partial charge < -0.3 is 20.3 Å². The second kappa shape index (κ2) is 4.11. The predicted molar refractivity (Wildman–Crippen MR) is 59.6 cm³/mol. The van der Waals surface area contributed by atoms with Crippen LogP contribution in [0.15, 0.2) is 37.3 Å². The minimum Gasteiger partial charge on any atom is -0.468 e. The van der Waals surface area contributed by atoms with Crippen molar-refractivity contribution in [2.45, 2.75) is 24.2 Å². The fraction of sp³-hybridized carbons (Fsp3) is 0.364. The average Bonchev–Trinajstić information content (AvgIpc) is 2.55. The van der Waals surface area contributed by atoms with Crippen LogP contribution in [-0.2, 0) is 4.74 Å². The molecule has 0 spiro atoms. The van der Waals surface area contributed by atoms with E-state index in [4.69, 9.17) is 9.84 Å². The van der Waals surface area contributed by atoms with Crippen molar-refractivity contribution in [3.05, 3.63) is 37.3 Å². The Labute approximate surface area is 103 Å². The molecule has 0 aromatic heterocycles. The minimum atomic E-state index is -2.36. The summed E-state index contributed by atoms with van der Waals surface area (Å²) < 4.78 is 19.6. The molecule has 0 aliphatic carbocycles. The van der Waals surface area contributed by atoms with E-state index < -0.39 is 30.3 Å². The van der Waals surface area contributed by atoms with Gasteiger partial charge in [0.25, 0.3) is 0 Å². The zero-order chi connectivity index (χ0) is 13.5. The molecule has 2 amide bonds. The van der Waals surface area contributed by atoms with Gasteiger partial charge in [-0.1, -0.05) is 13.2 Å². The van der Waals surface area contributed by atoms with Crippen molar-refractivity contribution in [1.29, 1.82) is 0 Å². The van der Waals surface area contributed by atoms with Gasteiger partial charge in [0.05, 0.1) is 0 Å². The van der Waals surface area contributed by atoms with Gasteiger partial charge in [0.2, 0.25) is 11.9 Å². The molecule has 0 aromatic carbocycles. The number of carbonyl (C=O) groups excluding carboxylic acids is 1. The first-order valence-corrected chi connectivity index (χ1v) is 5.21. The number of rotatable bonds is 2. The van der Waals surface area contributed by atoms with E-state index in [0.29, 0.717) is 0 Å². The molecule has 2 heterocycles. The van der Waals surface area contributed by atoms with Crippen molar-refractivity contribution in [3.8, 4) is 0 Å². The van der Waals surface area contributed by atoms with Crippen molar-refractivity contribution in [2.75, 3.05) is 0 Å². The summed E-state index contributed by atoms with van der Waals surface area (Å²) in [6.45, 7) is 6.67. The average molecular weight is 256 g/mol. The number of nitrogens with zero attached hydrogens (tertiary/aromatic N) is 1. The molecule has 1 saturated heterocycles. The maximum atomic E-state index is 14.5. The fourth-order valence-electron chi connectivity index (χ4n) is 1.84. The number of nitrogens with one attached hydrogen (secondary N) is 1. The second-order valence-electron chi connectivity index (χ2n) is 4.01. The number of carbonyl (C=O) groups is 1. The molecule has 0 bridgehead atoms. The number of aliphatic hydroxyl groups excluding tert-OH is 2. The van der Waals surface area contributed by atoms with Crippen LogP contribution in [0.3, 0.4) is 0 Å². The Kier molecular flexibility index (Phi) is 2.88.